The molecule has 17 heavy (non-hydrogen) atoms. The third kappa shape index (κ3) is 2.33. The van der Waals surface area contributed by atoms with Crippen LogP contribution in [-0.4, -0.2) is 10.1 Å². The second-order valence-electron chi connectivity index (χ2n) is 3.14. The SMILES string of the molecule is O=c1[nH]c(-c2ccc(C(F)(F)F)c(Cl)c2)no1. The highest BCUT2D eigenvalue weighted by molar-refractivity contribution is 6.31. The average Bonchev–Trinajstić information content (AvgIpc) is 2.62. The Hall–Kier alpha value is -1.76. The average molecular weight is 265 g/mol. The lowest BCUT2D eigenvalue weighted by Gasteiger charge is -2.08. The Balaban J connectivity index is 2.48. The molecule has 8 heteroatoms. The Morgan fingerprint density at radius 3 is 2.53 bits per heavy atom. The highest BCUT2D eigenvalue weighted by atomic mass is 35.5. The molecule has 0 saturated carbocycles. The number of hydrogen-bond acceptors (Lipinski definition) is 3. The van der Waals surface area contributed by atoms with Gasteiger partial charge < -0.3 is 0 Å². The minimum Gasteiger partial charge on any atom is -0.296 e. The summed E-state index contributed by atoms with van der Waals surface area (Å²) in [4.78, 5) is 12.9. The molecule has 0 bridgehead atoms. The van der Waals surface area contributed by atoms with Crippen molar-refractivity contribution in [2.75, 3.05) is 0 Å². The monoisotopic (exact) mass is 264 g/mol. The maximum atomic E-state index is 12.4. The molecule has 2 rings (SSSR count). The minimum absolute atomic E-state index is 0.0191. The molecule has 0 amide bonds. The lowest BCUT2D eigenvalue weighted by molar-refractivity contribution is -0.137. The van der Waals surface area contributed by atoms with E-state index in [2.05, 4.69) is 14.7 Å². The van der Waals surface area contributed by atoms with Gasteiger partial charge in [-0.25, -0.2) is 4.79 Å². The molecule has 0 unspecified atom stereocenters. The molecular formula is C9H4ClF3N2O2. The fourth-order valence-electron chi connectivity index (χ4n) is 1.25. The Morgan fingerprint density at radius 1 is 1.35 bits per heavy atom. The Labute approximate surface area is 97.0 Å². The van der Waals surface area contributed by atoms with Gasteiger partial charge in [-0.05, 0) is 12.1 Å². The van der Waals surface area contributed by atoms with Crippen LogP contribution in [0, 0.1) is 0 Å². The zero-order valence-corrected chi connectivity index (χ0v) is 8.76. The van der Waals surface area contributed by atoms with Gasteiger partial charge in [-0.3, -0.25) is 9.51 Å². The van der Waals surface area contributed by atoms with Crippen LogP contribution in [0.15, 0.2) is 27.5 Å². The third-order valence-corrected chi connectivity index (χ3v) is 2.30. The predicted octanol–water partition coefficient (Wildman–Crippen LogP) is 2.70. The van der Waals surface area contributed by atoms with E-state index >= 15 is 0 Å². The van der Waals surface area contributed by atoms with Crippen molar-refractivity contribution in [3.63, 3.8) is 0 Å². The maximum absolute atomic E-state index is 12.4. The summed E-state index contributed by atoms with van der Waals surface area (Å²) in [5.41, 5.74) is -0.720. The van der Waals surface area contributed by atoms with Crippen molar-refractivity contribution in [1.82, 2.24) is 10.1 Å². The lowest BCUT2D eigenvalue weighted by Crippen LogP contribution is -2.05. The van der Waals surface area contributed by atoms with E-state index in [-0.39, 0.29) is 11.4 Å². The van der Waals surface area contributed by atoms with Crippen molar-refractivity contribution in [2.45, 2.75) is 6.18 Å². The van der Waals surface area contributed by atoms with Crippen LogP contribution in [0.25, 0.3) is 11.4 Å². The van der Waals surface area contributed by atoms with Gasteiger partial charge in [0.25, 0.3) is 0 Å². The predicted molar refractivity (Wildman–Crippen MR) is 52.6 cm³/mol. The summed E-state index contributed by atoms with van der Waals surface area (Å²) in [6.45, 7) is 0. The van der Waals surface area contributed by atoms with Crippen LogP contribution < -0.4 is 5.76 Å². The highest BCUT2D eigenvalue weighted by Crippen LogP contribution is 2.36. The molecule has 0 saturated heterocycles. The summed E-state index contributed by atoms with van der Waals surface area (Å²) in [5.74, 6) is -0.776. The second kappa shape index (κ2) is 3.92. The first-order valence-electron chi connectivity index (χ1n) is 4.31. The number of nitrogens with zero attached hydrogens (tertiary/aromatic N) is 1. The Morgan fingerprint density at radius 2 is 2.06 bits per heavy atom. The molecule has 4 nitrogen and oxygen atoms in total. The number of halogens is 4. The molecule has 0 aliphatic heterocycles. The largest absolute Gasteiger partial charge is 0.439 e. The van der Waals surface area contributed by atoms with Crippen molar-refractivity contribution >= 4 is 11.6 Å². The highest BCUT2D eigenvalue weighted by Gasteiger charge is 2.33. The molecule has 0 atom stereocenters. The van der Waals surface area contributed by atoms with Gasteiger partial charge in [0, 0.05) is 5.56 Å². The minimum atomic E-state index is -4.52. The van der Waals surface area contributed by atoms with Crippen molar-refractivity contribution in [1.29, 1.82) is 0 Å². The molecule has 0 aliphatic carbocycles. The smallest absolute Gasteiger partial charge is 0.296 e. The number of alkyl halides is 3. The van der Waals surface area contributed by atoms with Crippen LogP contribution in [0.1, 0.15) is 5.56 Å². The lowest BCUT2D eigenvalue weighted by atomic mass is 10.1. The number of aromatic nitrogens is 2. The fourth-order valence-corrected chi connectivity index (χ4v) is 1.53. The zero-order valence-electron chi connectivity index (χ0n) is 8.01. The number of nitrogens with one attached hydrogen (secondary N) is 1. The molecule has 1 N–H and O–H groups in total. The van der Waals surface area contributed by atoms with E-state index < -0.39 is 22.5 Å². The standard InChI is InChI=1S/C9H4ClF3N2O2/c10-6-3-4(7-14-8(16)17-15-7)1-2-5(6)9(11,12)13/h1-3H,(H,14,15,16). The molecule has 0 radical (unpaired) electrons. The molecule has 1 heterocycles. The van der Waals surface area contributed by atoms with E-state index in [1.807, 2.05) is 0 Å². The van der Waals surface area contributed by atoms with Crippen molar-refractivity contribution < 1.29 is 17.7 Å². The summed E-state index contributed by atoms with van der Waals surface area (Å²) in [7, 11) is 0. The second-order valence-corrected chi connectivity index (χ2v) is 3.54. The fraction of sp³-hybridized carbons (Fsp3) is 0.111. The Bertz CT molecular complexity index is 603. The van der Waals surface area contributed by atoms with E-state index in [1.54, 1.807) is 0 Å². The van der Waals surface area contributed by atoms with Gasteiger partial charge in [0.1, 0.15) is 0 Å². The first-order chi connectivity index (χ1) is 7.88. The van der Waals surface area contributed by atoms with Crippen molar-refractivity contribution in [2.24, 2.45) is 0 Å². The maximum Gasteiger partial charge on any atom is 0.439 e. The molecule has 0 fully saturated rings. The molecular weight excluding hydrogens is 261 g/mol. The van der Waals surface area contributed by atoms with Crippen LogP contribution >= 0.6 is 11.6 Å². The van der Waals surface area contributed by atoms with E-state index in [1.165, 1.54) is 0 Å². The zero-order chi connectivity index (χ0) is 12.6. The first-order valence-corrected chi connectivity index (χ1v) is 4.69. The van der Waals surface area contributed by atoms with Crippen LogP contribution in [0.4, 0.5) is 13.2 Å². The number of hydrogen-bond donors (Lipinski definition) is 1. The van der Waals surface area contributed by atoms with E-state index in [0.717, 1.165) is 18.2 Å². The van der Waals surface area contributed by atoms with Crippen LogP contribution in [0.5, 0.6) is 0 Å². The first kappa shape index (κ1) is 11.7. The molecule has 1 aromatic carbocycles. The van der Waals surface area contributed by atoms with Crippen molar-refractivity contribution in [3.8, 4) is 11.4 Å². The summed E-state index contributed by atoms with van der Waals surface area (Å²) >= 11 is 5.50. The summed E-state index contributed by atoms with van der Waals surface area (Å²) < 4.78 is 41.5. The number of H-pyrrole nitrogens is 1. The number of rotatable bonds is 1. The Kier molecular flexibility index (Phi) is 2.70. The molecule has 0 aliphatic rings. The van der Waals surface area contributed by atoms with Gasteiger partial charge in [-0.1, -0.05) is 22.8 Å². The molecule has 90 valence electrons. The van der Waals surface area contributed by atoms with Gasteiger partial charge in [0.05, 0.1) is 10.6 Å². The number of aromatic amines is 1. The topological polar surface area (TPSA) is 58.9 Å². The molecule has 2 aromatic rings. The molecule has 0 spiro atoms. The number of benzene rings is 1. The van der Waals surface area contributed by atoms with Gasteiger partial charge >= 0.3 is 11.9 Å². The van der Waals surface area contributed by atoms with E-state index in [9.17, 15) is 18.0 Å². The van der Waals surface area contributed by atoms with Gasteiger partial charge in [0.2, 0.25) is 0 Å². The van der Waals surface area contributed by atoms with Crippen LogP contribution in [-0.2, 0) is 6.18 Å². The third-order valence-electron chi connectivity index (χ3n) is 1.99. The summed E-state index contributed by atoms with van der Waals surface area (Å²) in [5, 5.41) is 2.86. The molecule has 1 aromatic heterocycles. The summed E-state index contributed by atoms with van der Waals surface area (Å²) in [6.07, 6.45) is -4.52. The van der Waals surface area contributed by atoms with Gasteiger partial charge in [-0.2, -0.15) is 13.2 Å². The van der Waals surface area contributed by atoms with Gasteiger partial charge in [-0.15, -0.1) is 0 Å². The van der Waals surface area contributed by atoms with E-state index in [0.29, 0.717) is 0 Å². The quantitative estimate of drug-likeness (QED) is 0.861. The normalized spacial score (nSPS) is 11.8. The van der Waals surface area contributed by atoms with Crippen molar-refractivity contribution in [3.05, 3.63) is 39.3 Å². The van der Waals surface area contributed by atoms with Crippen LogP contribution in [0.3, 0.4) is 0 Å². The van der Waals surface area contributed by atoms with Gasteiger partial charge in [0.15, 0.2) is 5.82 Å². The summed E-state index contributed by atoms with van der Waals surface area (Å²) in [6, 6.07) is 3.01. The van der Waals surface area contributed by atoms with Crippen LogP contribution in [0.2, 0.25) is 5.02 Å². The van der Waals surface area contributed by atoms with E-state index in [4.69, 9.17) is 11.6 Å².